The fourth-order valence-electron chi connectivity index (χ4n) is 2.74. The lowest BCUT2D eigenvalue weighted by molar-refractivity contribution is 0.248. The van der Waals surface area contributed by atoms with Gasteiger partial charge in [-0.3, -0.25) is 0 Å². The largest absolute Gasteiger partial charge is 0.493 e. The van der Waals surface area contributed by atoms with Gasteiger partial charge in [0.15, 0.2) is 0 Å². The van der Waals surface area contributed by atoms with Gasteiger partial charge in [-0.2, -0.15) is 0 Å². The van der Waals surface area contributed by atoms with E-state index in [1.807, 2.05) is 60.2 Å². The molecule has 3 rings (SSSR count). The topological polar surface area (TPSA) is 68.2 Å². The van der Waals surface area contributed by atoms with Gasteiger partial charge in [-0.05, 0) is 24.6 Å². The molecule has 6 heteroatoms. The summed E-state index contributed by atoms with van der Waals surface area (Å²) in [4.78, 5) is 16.2. The van der Waals surface area contributed by atoms with Crippen LogP contribution >= 0.6 is 0 Å². The van der Waals surface area contributed by atoms with Gasteiger partial charge in [-0.25, -0.2) is 9.78 Å². The Bertz CT molecular complexity index is 834. The molecule has 1 unspecified atom stereocenters. The highest BCUT2D eigenvalue weighted by Gasteiger charge is 2.08. The highest BCUT2D eigenvalue weighted by Crippen LogP contribution is 2.17. The van der Waals surface area contributed by atoms with Crippen LogP contribution in [-0.2, 0) is 13.0 Å². The minimum Gasteiger partial charge on any atom is -0.493 e. The van der Waals surface area contributed by atoms with Gasteiger partial charge in [-0.15, -0.1) is 0 Å². The molecule has 0 aliphatic rings. The first-order chi connectivity index (χ1) is 13.2. The van der Waals surface area contributed by atoms with Crippen molar-refractivity contribution in [3.8, 4) is 5.75 Å². The summed E-state index contributed by atoms with van der Waals surface area (Å²) in [5.74, 6) is 0.732. The molecular weight excluding hydrogens is 340 g/mol. The summed E-state index contributed by atoms with van der Waals surface area (Å²) in [5.41, 5.74) is 1.93. The number of ether oxygens (including phenoxy) is 1. The summed E-state index contributed by atoms with van der Waals surface area (Å²) in [5, 5.41) is 5.76. The predicted octanol–water partition coefficient (Wildman–Crippen LogP) is 3.71. The summed E-state index contributed by atoms with van der Waals surface area (Å²) in [7, 11) is 0. The highest BCUT2D eigenvalue weighted by atomic mass is 16.5. The van der Waals surface area contributed by atoms with Crippen LogP contribution in [0.1, 0.15) is 12.5 Å². The molecule has 2 N–H and O–H groups in total. The molecule has 0 aliphatic heterocycles. The van der Waals surface area contributed by atoms with E-state index >= 15 is 0 Å². The fourth-order valence-corrected chi connectivity index (χ4v) is 2.74. The molecular formula is C21H24N4O2. The minimum absolute atomic E-state index is 0.0236. The Morgan fingerprint density at radius 3 is 2.81 bits per heavy atom. The second-order valence-corrected chi connectivity index (χ2v) is 6.37. The molecule has 6 nitrogen and oxygen atoms in total. The number of anilines is 1. The number of imidazole rings is 1. The molecule has 0 saturated carbocycles. The lowest BCUT2D eigenvalue weighted by Gasteiger charge is -2.15. The predicted molar refractivity (Wildman–Crippen MR) is 106 cm³/mol. The van der Waals surface area contributed by atoms with Crippen molar-refractivity contribution in [1.82, 2.24) is 14.9 Å². The Hall–Kier alpha value is -3.28. The number of rotatable bonds is 8. The van der Waals surface area contributed by atoms with Crippen molar-refractivity contribution < 1.29 is 9.53 Å². The Morgan fingerprint density at radius 2 is 2.04 bits per heavy atom. The van der Waals surface area contributed by atoms with Crippen molar-refractivity contribution in [1.29, 1.82) is 0 Å². The lowest BCUT2D eigenvalue weighted by atomic mass is 10.2. The standard InChI is InChI=1S/C21H24N4O2/c1-17(15-25-12-11-22-16-25)23-21(26)24-19-8-5-9-20(14-19)27-13-10-18-6-3-2-4-7-18/h2-9,11-12,14,16-17H,10,13,15H2,1H3,(H2,23,24,26). The van der Waals surface area contributed by atoms with Gasteiger partial charge in [0.2, 0.25) is 0 Å². The van der Waals surface area contributed by atoms with Crippen molar-refractivity contribution >= 4 is 11.7 Å². The van der Waals surface area contributed by atoms with Crippen LogP contribution in [-0.4, -0.2) is 28.2 Å². The Morgan fingerprint density at radius 1 is 1.19 bits per heavy atom. The molecule has 140 valence electrons. The molecule has 27 heavy (non-hydrogen) atoms. The molecule has 0 saturated heterocycles. The number of nitrogens with one attached hydrogen (secondary N) is 2. The number of aromatic nitrogens is 2. The van der Waals surface area contributed by atoms with Crippen molar-refractivity contribution in [3.63, 3.8) is 0 Å². The van der Waals surface area contributed by atoms with E-state index in [0.29, 0.717) is 18.8 Å². The maximum Gasteiger partial charge on any atom is 0.319 e. The summed E-state index contributed by atoms with van der Waals surface area (Å²) in [6.07, 6.45) is 6.15. The van der Waals surface area contributed by atoms with Crippen molar-refractivity contribution in [2.45, 2.75) is 25.9 Å². The number of urea groups is 1. The van der Waals surface area contributed by atoms with Crippen LogP contribution in [0.4, 0.5) is 10.5 Å². The summed E-state index contributed by atoms with van der Waals surface area (Å²) in [6.45, 7) is 3.19. The molecule has 0 radical (unpaired) electrons. The van der Waals surface area contributed by atoms with E-state index in [-0.39, 0.29) is 12.1 Å². The monoisotopic (exact) mass is 364 g/mol. The SMILES string of the molecule is CC(Cn1ccnc1)NC(=O)Nc1cccc(OCCc2ccccc2)c1. The molecule has 0 bridgehead atoms. The highest BCUT2D eigenvalue weighted by molar-refractivity contribution is 5.89. The number of amides is 2. The number of carbonyl (C=O) groups is 1. The van der Waals surface area contributed by atoms with E-state index in [1.54, 1.807) is 12.5 Å². The molecule has 2 amide bonds. The number of hydrogen-bond donors (Lipinski definition) is 2. The van der Waals surface area contributed by atoms with Crippen molar-refractivity contribution in [2.24, 2.45) is 0 Å². The van der Waals surface area contributed by atoms with E-state index < -0.39 is 0 Å². The van der Waals surface area contributed by atoms with Crippen LogP contribution < -0.4 is 15.4 Å². The zero-order valence-corrected chi connectivity index (χ0v) is 15.3. The second-order valence-electron chi connectivity index (χ2n) is 6.37. The Kier molecular flexibility index (Phi) is 6.46. The maximum atomic E-state index is 12.2. The normalized spacial score (nSPS) is 11.6. The summed E-state index contributed by atoms with van der Waals surface area (Å²) >= 11 is 0. The minimum atomic E-state index is -0.246. The van der Waals surface area contributed by atoms with Gasteiger partial charge >= 0.3 is 6.03 Å². The maximum absolute atomic E-state index is 12.2. The number of nitrogens with zero attached hydrogens (tertiary/aromatic N) is 2. The molecule has 0 fully saturated rings. The van der Waals surface area contributed by atoms with E-state index in [4.69, 9.17) is 4.74 Å². The Labute approximate surface area is 159 Å². The molecule has 2 aromatic carbocycles. The summed E-state index contributed by atoms with van der Waals surface area (Å²) < 4.78 is 7.72. The molecule has 1 heterocycles. The van der Waals surface area contributed by atoms with Gasteiger partial charge in [0.05, 0.1) is 12.9 Å². The molecule has 0 aliphatic carbocycles. The van der Waals surface area contributed by atoms with Crippen LogP contribution in [0.25, 0.3) is 0 Å². The number of hydrogen-bond acceptors (Lipinski definition) is 3. The van der Waals surface area contributed by atoms with Gasteiger partial charge in [0, 0.05) is 43.2 Å². The van der Waals surface area contributed by atoms with Crippen LogP contribution in [0.5, 0.6) is 5.75 Å². The van der Waals surface area contributed by atoms with E-state index in [1.165, 1.54) is 5.56 Å². The average molecular weight is 364 g/mol. The first-order valence-corrected chi connectivity index (χ1v) is 8.99. The Balaban J connectivity index is 1.45. The molecule has 0 spiro atoms. The summed E-state index contributed by atoms with van der Waals surface area (Å²) in [6, 6.07) is 17.3. The zero-order chi connectivity index (χ0) is 18.9. The number of benzene rings is 2. The first-order valence-electron chi connectivity index (χ1n) is 8.99. The average Bonchev–Trinajstić information content (AvgIpc) is 3.15. The fraction of sp³-hybridized carbons (Fsp3) is 0.238. The van der Waals surface area contributed by atoms with Crippen molar-refractivity contribution in [3.05, 3.63) is 78.9 Å². The third-order valence-electron chi connectivity index (χ3n) is 4.02. The third-order valence-corrected chi connectivity index (χ3v) is 4.02. The van der Waals surface area contributed by atoms with E-state index in [0.717, 1.165) is 12.2 Å². The van der Waals surface area contributed by atoms with Gasteiger partial charge in [0.25, 0.3) is 0 Å². The van der Waals surface area contributed by atoms with Crippen molar-refractivity contribution in [2.75, 3.05) is 11.9 Å². The van der Waals surface area contributed by atoms with Gasteiger partial charge in [0.1, 0.15) is 5.75 Å². The van der Waals surface area contributed by atoms with E-state index in [9.17, 15) is 4.79 Å². The molecule has 1 atom stereocenters. The molecule has 1 aromatic heterocycles. The van der Waals surface area contributed by atoms with Crippen LogP contribution in [0, 0.1) is 0 Å². The zero-order valence-electron chi connectivity index (χ0n) is 15.3. The lowest BCUT2D eigenvalue weighted by Crippen LogP contribution is -2.38. The van der Waals surface area contributed by atoms with Crippen LogP contribution in [0.3, 0.4) is 0 Å². The second kappa shape index (κ2) is 9.43. The van der Waals surface area contributed by atoms with E-state index in [2.05, 4.69) is 27.8 Å². The molecule has 3 aromatic rings. The third kappa shape index (κ3) is 6.18. The number of carbonyl (C=O) groups excluding carboxylic acids is 1. The smallest absolute Gasteiger partial charge is 0.319 e. The van der Waals surface area contributed by atoms with Gasteiger partial charge in [-0.1, -0.05) is 36.4 Å². The quantitative estimate of drug-likeness (QED) is 0.640. The van der Waals surface area contributed by atoms with Crippen LogP contribution in [0.2, 0.25) is 0 Å². The van der Waals surface area contributed by atoms with Gasteiger partial charge < -0.3 is 19.9 Å². The van der Waals surface area contributed by atoms with Crippen LogP contribution in [0.15, 0.2) is 73.3 Å². The first kappa shape index (κ1) is 18.5.